The second-order valence-corrected chi connectivity index (χ2v) is 7.59. The summed E-state index contributed by atoms with van der Waals surface area (Å²) in [6.45, 7) is 11.1. The maximum absolute atomic E-state index is 12.7. The molecule has 150 valence electrons. The molecule has 28 heavy (non-hydrogen) atoms. The minimum absolute atomic E-state index is 0.154. The van der Waals surface area contributed by atoms with Crippen molar-refractivity contribution in [2.24, 2.45) is 0 Å². The Morgan fingerprint density at radius 1 is 1.00 bits per heavy atom. The molecule has 2 aromatic rings. The zero-order valence-electron chi connectivity index (χ0n) is 17.2. The van der Waals surface area contributed by atoms with Gasteiger partial charge in [-0.3, -0.25) is 4.79 Å². The van der Waals surface area contributed by atoms with Gasteiger partial charge >= 0.3 is 0 Å². The van der Waals surface area contributed by atoms with Crippen molar-refractivity contribution < 1.29 is 19.0 Å². The molecule has 2 aromatic carbocycles. The predicted octanol–water partition coefficient (Wildman–Crippen LogP) is 4.53. The summed E-state index contributed by atoms with van der Waals surface area (Å²) in [6.07, 6.45) is -0.598. The minimum Gasteiger partial charge on any atom is -0.486 e. The normalized spacial score (nSPS) is 15.1. The molecule has 0 saturated heterocycles. The molecule has 0 saturated carbocycles. The van der Waals surface area contributed by atoms with Gasteiger partial charge in [-0.05, 0) is 61.6 Å². The monoisotopic (exact) mass is 383 g/mol. The summed E-state index contributed by atoms with van der Waals surface area (Å²) in [5.41, 5.74) is 3.17. The molecule has 0 bridgehead atoms. The van der Waals surface area contributed by atoms with E-state index in [0.29, 0.717) is 19.1 Å². The van der Waals surface area contributed by atoms with E-state index >= 15 is 0 Å². The van der Waals surface area contributed by atoms with Crippen molar-refractivity contribution >= 4 is 5.91 Å². The highest BCUT2D eigenvalue weighted by Gasteiger charge is 2.21. The largest absolute Gasteiger partial charge is 0.486 e. The van der Waals surface area contributed by atoms with Gasteiger partial charge in [-0.2, -0.15) is 0 Å². The van der Waals surface area contributed by atoms with Gasteiger partial charge in [-0.25, -0.2) is 0 Å². The van der Waals surface area contributed by atoms with Crippen LogP contribution >= 0.6 is 0 Å². The van der Waals surface area contributed by atoms with Crippen LogP contribution in [0.25, 0.3) is 0 Å². The van der Waals surface area contributed by atoms with Crippen LogP contribution in [0.15, 0.2) is 36.4 Å². The molecule has 1 aliphatic heterocycles. The number of carbonyl (C=O) groups excluding carboxylic acids is 1. The van der Waals surface area contributed by atoms with Gasteiger partial charge in [0.2, 0.25) is 0 Å². The van der Waals surface area contributed by atoms with E-state index in [2.05, 4.69) is 31.3 Å². The van der Waals surface area contributed by atoms with E-state index in [1.54, 1.807) is 6.92 Å². The van der Waals surface area contributed by atoms with Gasteiger partial charge in [0.05, 0.1) is 6.04 Å². The van der Waals surface area contributed by atoms with Crippen LogP contribution in [0.3, 0.4) is 0 Å². The first-order valence-corrected chi connectivity index (χ1v) is 9.82. The van der Waals surface area contributed by atoms with Gasteiger partial charge in [0.1, 0.15) is 19.0 Å². The average Bonchev–Trinajstić information content (AvgIpc) is 2.67. The Bertz CT molecular complexity index is 846. The molecule has 3 rings (SSSR count). The fourth-order valence-corrected chi connectivity index (χ4v) is 3.21. The topological polar surface area (TPSA) is 56.8 Å². The van der Waals surface area contributed by atoms with Crippen molar-refractivity contribution in [2.45, 2.75) is 52.7 Å². The molecular weight excluding hydrogens is 354 g/mol. The summed E-state index contributed by atoms with van der Waals surface area (Å²) < 4.78 is 17.2. The molecule has 0 aromatic heterocycles. The Balaban J connectivity index is 1.67. The van der Waals surface area contributed by atoms with Crippen molar-refractivity contribution in [1.82, 2.24) is 5.32 Å². The van der Waals surface area contributed by atoms with Crippen LogP contribution in [0.1, 0.15) is 56.3 Å². The van der Waals surface area contributed by atoms with Gasteiger partial charge in [0, 0.05) is 0 Å². The van der Waals surface area contributed by atoms with Crippen molar-refractivity contribution in [3.63, 3.8) is 0 Å². The van der Waals surface area contributed by atoms with Crippen molar-refractivity contribution in [2.75, 3.05) is 13.2 Å². The Morgan fingerprint density at radius 2 is 1.71 bits per heavy atom. The lowest BCUT2D eigenvalue weighted by Crippen LogP contribution is -2.38. The molecule has 5 heteroatoms. The third-order valence-corrected chi connectivity index (χ3v) is 4.89. The van der Waals surface area contributed by atoms with Crippen molar-refractivity contribution in [3.05, 3.63) is 53.1 Å². The lowest BCUT2D eigenvalue weighted by atomic mass is 10.0. The number of hydrogen-bond acceptors (Lipinski definition) is 4. The first-order valence-electron chi connectivity index (χ1n) is 9.82. The van der Waals surface area contributed by atoms with Crippen molar-refractivity contribution in [3.8, 4) is 17.2 Å². The van der Waals surface area contributed by atoms with Crippen LogP contribution in [-0.4, -0.2) is 25.2 Å². The number of ether oxygens (including phenoxy) is 3. The third kappa shape index (κ3) is 4.58. The number of benzene rings is 2. The summed E-state index contributed by atoms with van der Waals surface area (Å²) in [5.74, 6) is 2.40. The molecule has 0 aliphatic carbocycles. The quantitative estimate of drug-likeness (QED) is 0.796. The molecule has 2 atom stereocenters. The molecule has 0 fully saturated rings. The van der Waals surface area contributed by atoms with Gasteiger partial charge in [-0.1, -0.05) is 32.0 Å². The highest BCUT2D eigenvalue weighted by molar-refractivity contribution is 5.81. The first-order chi connectivity index (χ1) is 13.3. The summed E-state index contributed by atoms with van der Waals surface area (Å²) >= 11 is 0. The van der Waals surface area contributed by atoms with E-state index in [9.17, 15) is 4.79 Å². The van der Waals surface area contributed by atoms with E-state index in [4.69, 9.17) is 14.2 Å². The van der Waals surface area contributed by atoms with E-state index in [-0.39, 0.29) is 11.9 Å². The molecule has 1 amide bonds. The zero-order valence-corrected chi connectivity index (χ0v) is 17.2. The summed E-state index contributed by atoms with van der Waals surface area (Å²) in [7, 11) is 0. The first kappa shape index (κ1) is 20.1. The maximum Gasteiger partial charge on any atom is 0.261 e. The van der Waals surface area contributed by atoms with Gasteiger partial charge in [-0.15, -0.1) is 0 Å². The Kier molecular flexibility index (Phi) is 6.12. The van der Waals surface area contributed by atoms with Crippen LogP contribution < -0.4 is 19.5 Å². The maximum atomic E-state index is 12.7. The smallest absolute Gasteiger partial charge is 0.261 e. The molecule has 1 aliphatic rings. The van der Waals surface area contributed by atoms with Crippen LogP contribution in [0.5, 0.6) is 17.2 Å². The van der Waals surface area contributed by atoms with Gasteiger partial charge in [0.15, 0.2) is 17.6 Å². The number of aryl methyl sites for hydroxylation is 1. The second-order valence-electron chi connectivity index (χ2n) is 7.59. The van der Waals surface area contributed by atoms with Crippen molar-refractivity contribution in [1.29, 1.82) is 0 Å². The molecule has 0 unspecified atom stereocenters. The predicted molar refractivity (Wildman–Crippen MR) is 109 cm³/mol. The fraction of sp³-hybridized carbons (Fsp3) is 0.435. The Morgan fingerprint density at radius 3 is 2.43 bits per heavy atom. The molecule has 5 nitrogen and oxygen atoms in total. The van der Waals surface area contributed by atoms with Crippen LogP contribution in [0.2, 0.25) is 0 Å². The number of amides is 1. The van der Waals surface area contributed by atoms with Gasteiger partial charge < -0.3 is 19.5 Å². The highest BCUT2D eigenvalue weighted by Crippen LogP contribution is 2.33. The van der Waals surface area contributed by atoms with Gasteiger partial charge in [0.25, 0.3) is 5.91 Å². The number of fused-ring (bicyclic) bond motifs is 1. The minimum atomic E-state index is -0.598. The van der Waals surface area contributed by atoms with E-state index in [0.717, 1.165) is 33.9 Å². The number of nitrogens with one attached hydrogen (secondary N) is 1. The SMILES string of the molecule is Cc1ccc(C(C)C)c(O[C@H](C)C(=O)N[C@@H](C)c2ccc3c(c2)OCCO3)c1. The Hall–Kier alpha value is -2.69. The van der Waals surface area contributed by atoms with Crippen LogP contribution in [0, 0.1) is 6.92 Å². The Labute approximate surface area is 167 Å². The molecule has 1 heterocycles. The summed E-state index contributed by atoms with van der Waals surface area (Å²) in [5, 5.41) is 3.03. The summed E-state index contributed by atoms with van der Waals surface area (Å²) in [6, 6.07) is 11.7. The third-order valence-electron chi connectivity index (χ3n) is 4.89. The molecule has 0 spiro atoms. The standard InChI is InChI=1S/C23H29NO4/c1-14(2)19-8-6-15(3)12-21(19)28-17(5)23(25)24-16(4)18-7-9-20-22(13-18)27-11-10-26-20/h6-9,12-14,16-17H,10-11H2,1-5H3,(H,24,25)/t16-,17+/m0/s1. The molecular formula is C23H29NO4. The number of rotatable bonds is 6. The van der Waals surface area contributed by atoms with E-state index < -0.39 is 6.10 Å². The fourth-order valence-electron chi connectivity index (χ4n) is 3.21. The highest BCUT2D eigenvalue weighted by atomic mass is 16.6. The molecule has 0 radical (unpaired) electrons. The average molecular weight is 383 g/mol. The van der Waals surface area contributed by atoms with Crippen LogP contribution in [-0.2, 0) is 4.79 Å². The number of carbonyl (C=O) groups is 1. The zero-order chi connectivity index (χ0) is 20.3. The second kappa shape index (κ2) is 8.55. The number of hydrogen-bond donors (Lipinski definition) is 1. The lowest BCUT2D eigenvalue weighted by molar-refractivity contribution is -0.127. The lowest BCUT2D eigenvalue weighted by Gasteiger charge is -2.23. The van der Waals surface area contributed by atoms with E-state index in [1.807, 2.05) is 38.1 Å². The van der Waals surface area contributed by atoms with Crippen LogP contribution in [0.4, 0.5) is 0 Å². The summed E-state index contributed by atoms with van der Waals surface area (Å²) in [4.78, 5) is 12.7. The van der Waals surface area contributed by atoms with E-state index in [1.165, 1.54) is 0 Å². The molecule has 1 N–H and O–H groups in total.